The van der Waals surface area contributed by atoms with E-state index in [1.54, 1.807) is 6.08 Å². The van der Waals surface area contributed by atoms with Crippen molar-refractivity contribution in [1.29, 1.82) is 0 Å². The first-order valence-electron chi connectivity index (χ1n) is 7.24. The number of hydrogen-bond acceptors (Lipinski definition) is 3. The number of H-pyrrole nitrogens is 1. The van der Waals surface area contributed by atoms with Gasteiger partial charge in [-0.25, -0.2) is 0 Å². The van der Waals surface area contributed by atoms with Gasteiger partial charge in [0.1, 0.15) is 0 Å². The number of aromatic nitrogens is 3. The fraction of sp³-hybridized carbons (Fsp3) is 0.0556. The van der Waals surface area contributed by atoms with Gasteiger partial charge in [-0.05, 0) is 18.6 Å². The first-order valence-corrected chi connectivity index (χ1v) is 7.24. The second-order valence-electron chi connectivity index (χ2n) is 5.11. The SMILES string of the molecule is Cc1ccc(-c2nc(NC(=O)/C=C/c3ccccc3)n[nH]2)cc1. The summed E-state index contributed by atoms with van der Waals surface area (Å²) in [5.74, 6) is 0.596. The average molecular weight is 304 g/mol. The lowest BCUT2D eigenvalue weighted by atomic mass is 10.1. The highest BCUT2D eigenvalue weighted by atomic mass is 16.1. The minimum Gasteiger partial charge on any atom is -0.290 e. The number of hydrogen-bond donors (Lipinski definition) is 2. The van der Waals surface area contributed by atoms with Crippen molar-refractivity contribution in [2.24, 2.45) is 0 Å². The van der Waals surface area contributed by atoms with Crippen molar-refractivity contribution in [2.75, 3.05) is 5.32 Å². The molecular weight excluding hydrogens is 288 g/mol. The van der Waals surface area contributed by atoms with Gasteiger partial charge >= 0.3 is 0 Å². The zero-order valence-corrected chi connectivity index (χ0v) is 12.7. The number of carbonyl (C=O) groups excluding carboxylic acids is 1. The molecule has 0 atom stereocenters. The third-order valence-electron chi connectivity index (χ3n) is 3.27. The molecule has 0 aliphatic carbocycles. The highest BCUT2D eigenvalue weighted by Crippen LogP contribution is 2.16. The summed E-state index contributed by atoms with van der Waals surface area (Å²) in [5, 5.41) is 9.46. The van der Waals surface area contributed by atoms with E-state index in [0.29, 0.717) is 5.82 Å². The van der Waals surface area contributed by atoms with E-state index < -0.39 is 0 Å². The van der Waals surface area contributed by atoms with Gasteiger partial charge in [0, 0.05) is 11.6 Å². The van der Waals surface area contributed by atoms with Gasteiger partial charge in [-0.2, -0.15) is 4.98 Å². The number of anilines is 1. The number of amides is 1. The van der Waals surface area contributed by atoms with Crippen molar-refractivity contribution in [2.45, 2.75) is 6.92 Å². The highest BCUT2D eigenvalue weighted by molar-refractivity contribution is 6.00. The van der Waals surface area contributed by atoms with E-state index in [1.807, 2.05) is 61.5 Å². The lowest BCUT2D eigenvalue weighted by Gasteiger charge is -1.96. The van der Waals surface area contributed by atoms with Gasteiger partial charge in [-0.1, -0.05) is 60.2 Å². The largest absolute Gasteiger partial charge is 0.290 e. The van der Waals surface area contributed by atoms with E-state index in [2.05, 4.69) is 20.5 Å². The second-order valence-corrected chi connectivity index (χ2v) is 5.11. The standard InChI is InChI=1S/C18H16N4O/c1-13-7-10-15(11-8-13)17-20-18(22-21-17)19-16(23)12-9-14-5-3-2-4-6-14/h2-12H,1H3,(H2,19,20,21,22,23)/b12-9+. The maximum absolute atomic E-state index is 11.9. The Morgan fingerprint density at radius 2 is 1.83 bits per heavy atom. The van der Waals surface area contributed by atoms with E-state index in [-0.39, 0.29) is 11.9 Å². The van der Waals surface area contributed by atoms with E-state index in [1.165, 1.54) is 11.6 Å². The fourth-order valence-corrected chi connectivity index (χ4v) is 2.05. The van der Waals surface area contributed by atoms with Crippen molar-refractivity contribution >= 4 is 17.9 Å². The molecular formula is C18H16N4O. The van der Waals surface area contributed by atoms with Gasteiger partial charge in [-0.3, -0.25) is 15.2 Å². The van der Waals surface area contributed by atoms with E-state index >= 15 is 0 Å². The number of aromatic amines is 1. The van der Waals surface area contributed by atoms with Crippen molar-refractivity contribution < 1.29 is 4.79 Å². The van der Waals surface area contributed by atoms with Crippen LogP contribution in [-0.4, -0.2) is 21.1 Å². The maximum atomic E-state index is 11.9. The van der Waals surface area contributed by atoms with Gasteiger partial charge in [-0.15, -0.1) is 5.10 Å². The summed E-state index contributed by atoms with van der Waals surface area (Å²) >= 11 is 0. The molecule has 0 saturated carbocycles. The zero-order valence-electron chi connectivity index (χ0n) is 12.7. The summed E-state index contributed by atoms with van der Waals surface area (Å²) in [6.45, 7) is 2.02. The smallest absolute Gasteiger partial charge is 0.250 e. The van der Waals surface area contributed by atoms with Crippen LogP contribution in [0.1, 0.15) is 11.1 Å². The Labute approximate surface area is 134 Å². The van der Waals surface area contributed by atoms with E-state index in [4.69, 9.17) is 0 Å². The summed E-state index contributed by atoms with van der Waals surface area (Å²) in [6, 6.07) is 17.5. The Bertz CT molecular complexity index is 820. The number of carbonyl (C=O) groups is 1. The Balaban J connectivity index is 1.66. The summed E-state index contributed by atoms with van der Waals surface area (Å²) in [7, 11) is 0. The molecule has 1 aromatic heterocycles. The van der Waals surface area contributed by atoms with Gasteiger partial charge in [0.25, 0.3) is 5.91 Å². The predicted octanol–water partition coefficient (Wildman–Crippen LogP) is 3.43. The minimum absolute atomic E-state index is 0.253. The fourth-order valence-electron chi connectivity index (χ4n) is 2.05. The van der Waals surface area contributed by atoms with Crippen LogP contribution in [0.2, 0.25) is 0 Å². The molecule has 2 aromatic carbocycles. The number of nitrogens with one attached hydrogen (secondary N) is 2. The predicted molar refractivity (Wildman–Crippen MR) is 90.7 cm³/mol. The molecule has 0 unspecified atom stereocenters. The summed E-state index contributed by atoms with van der Waals surface area (Å²) in [6.07, 6.45) is 3.19. The topological polar surface area (TPSA) is 70.7 Å². The molecule has 3 aromatic rings. The zero-order chi connectivity index (χ0) is 16.1. The normalized spacial score (nSPS) is 10.8. The quantitative estimate of drug-likeness (QED) is 0.725. The molecule has 0 aliphatic rings. The van der Waals surface area contributed by atoms with Crippen LogP contribution < -0.4 is 5.32 Å². The van der Waals surface area contributed by atoms with E-state index in [9.17, 15) is 4.79 Å². The molecule has 1 amide bonds. The van der Waals surface area contributed by atoms with Gasteiger partial charge < -0.3 is 0 Å². The Morgan fingerprint density at radius 1 is 1.09 bits per heavy atom. The molecule has 114 valence electrons. The summed E-state index contributed by atoms with van der Waals surface area (Å²) in [5.41, 5.74) is 3.05. The van der Waals surface area contributed by atoms with Crippen LogP contribution in [0.3, 0.4) is 0 Å². The molecule has 0 aliphatic heterocycles. The Morgan fingerprint density at radius 3 is 2.57 bits per heavy atom. The number of rotatable bonds is 4. The summed E-state index contributed by atoms with van der Waals surface area (Å²) in [4.78, 5) is 16.2. The molecule has 3 rings (SSSR count). The molecule has 2 N–H and O–H groups in total. The van der Waals surface area contributed by atoms with E-state index in [0.717, 1.165) is 11.1 Å². The van der Waals surface area contributed by atoms with Gasteiger partial charge in [0.2, 0.25) is 5.95 Å². The van der Waals surface area contributed by atoms with Crippen LogP contribution in [0.4, 0.5) is 5.95 Å². The molecule has 5 nitrogen and oxygen atoms in total. The number of aryl methyl sites for hydroxylation is 1. The number of nitrogens with zero attached hydrogens (tertiary/aromatic N) is 2. The van der Waals surface area contributed by atoms with Crippen molar-refractivity contribution in [3.05, 3.63) is 71.8 Å². The molecule has 5 heteroatoms. The molecule has 0 saturated heterocycles. The first-order chi connectivity index (χ1) is 11.2. The highest BCUT2D eigenvalue weighted by Gasteiger charge is 2.07. The maximum Gasteiger partial charge on any atom is 0.250 e. The van der Waals surface area contributed by atoms with Crippen LogP contribution in [0.15, 0.2) is 60.7 Å². The summed E-state index contributed by atoms with van der Waals surface area (Å²) < 4.78 is 0. The third-order valence-corrected chi connectivity index (χ3v) is 3.27. The Kier molecular flexibility index (Phi) is 4.29. The third kappa shape index (κ3) is 3.91. The lowest BCUT2D eigenvalue weighted by Crippen LogP contribution is -2.09. The Hall–Kier alpha value is -3.21. The molecule has 0 radical (unpaired) electrons. The minimum atomic E-state index is -0.275. The van der Waals surface area contributed by atoms with Crippen molar-refractivity contribution in [3.8, 4) is 11.4 Å². The van der Waals surface area contributed by atoms with Crippen LogP contribution in [0.25, 0.3) is 17.5 Å². The molecule has 0 bridgehead atoms. The first kappa shape index (κ1) is 14.7. The average Bonchev–Trinajstić information content (AvgIpc) is 3.03. The van der Waals surface area contributed by atoms with Crippen LogP contribution >= 0.6 is 0 Å². The van der Waals surface area contributed by atoms with Crippen molar-refractivity contribution in [3.63, 3.8) is 0 Å². The second kappa shape index (κ2) is 6.70. The molecule has 0 spiro atoms. The van der Waals surface area contributed by atoms with Crippen molar-refractivity contribution in [1.82, 2.24) is 15.2 Å². The lowest BCUT2D eigenvalue weighted by molar-refractivity contribution is -0.111. The molecule has 1 heterocycles. The molecule has 23 heavy (non-hydrogen) atoms. The monoisotopic (exact) mass is 304 g/mol. The molecule has 0 fully saturated rings. The van der Waals surface area contributed by atoms with Crippen LogP contribution in [0.5, 0.6) is 0 Å². The number of benzene rings is 2. The van der Waals surface area contributed by atoms with Crippen LogP contribution in [-0.2, 0) is 4.79 Å². The van der Waals surface area contributed by atoms with Gasteiger partial charge in [0.05, 0.1) is 0 Å². The van der Waals surface area contributed by atoms with Crippen LogP contribution in [0, 0.1) is 6.92 Å². The van der Waals surface area contributed by atoms with Gasteiger partial charge in [0.15, 0.2) is 5.82 Å².